The second kappa shape index (κ2) is 10.9. The summed E-state index contributed by atoms with van der Waals surface area (Å²) in [5, 5.41) is 4.47. The predicted octanol–water partition coefficient (Wildman–Crippen LogP) is 4.42. The average molecular weight is 543 g/mol. The van der Waals surface area contributed by atoms with Gasteiger partial charge in [0.05, 0.1) is 18.5 Å². The van der Waals surface area contributed by atoms with E-state index in [2.05, 4.69) is 21.0 Å². The molecule has 4 aromatic rings. The van der Waals surface area contributed by atoms with Crippen LogP contribution < -0.4 is 15.6 Å². The monoisotopic (exact) mass is 542 g/mol. The molecular weight excluding hydrogens is 507 g/mol. The van der Waals surface area contributed by atoms with E-state index in [9.17, 15) is 14.0 Å². The van der Waals surface area contributed by atoms with Crippen molar-refractivity contribution >= 4 is 16.8 Å². The topological polar surface area (TPSA) is 68.5 Å². The van der Waals surface area contributed by atoms with E-state index in [0.29, 0.717) is 19.6 Å². The van der Waals surface area contributed by atoms with Crippen molar-refractivity contribution in [3.63, 3.8) is 0 Å². The first kappa shape index (κ1) is 26.3. The van der Waals surface area contributed by atoms with Crippen LogP contribution in [-0.4, -0.2) is 46.2 Å². The molecular formula is C32H35FN4O3. The number of hydrogen-bond donors (Lipinski definition) is 1. The number of nitrogens with zero attached hydrogens (tertiary/aromatic N) is 3. The number of methoxy groups -OCH3 is 1. The molecule has 6 rings (SSSR count). The number of hydrogen-bond acceptors (Lipinski definition) is 4. The largest absolute Gasteiger partial charge is 0.497 e. The van der Waals surface area contributed by atoms with E-state index < -0.39 is 0 Å². The van der Waals surface area contributed by atoms with Gasteiger partial charge >= 0.3 is 0 Å². The number of aryl methyl sites for hydroxylation is 1. The van der Waals surface area contributed by atoms with Crippen molar-refractivity contribution in [2.75, 3.05) is 20.2 Å². The Morgan fingerprint density at radius 3 is 2.73 bits per heavy atom. The molecule has 2 atom stereocenters. The lowest BCUT2D eigenvalue weighted by Gasteiger charge is -2.35. The van der Waals surface area contributed by atoms with Crippen molar-refractivity contribution in [3.05, 3.63) is 99.9 Å². The van der Waals surface area contributed by atoms with Crippen molar-refractivity contribution in [3.8, 4) is 5.75 Å². The summed E-state index contributed by atoms with van der Waals surface area (Å²) in [6.45, 7) is 2.43. The van der Waals surface area contributed by atoms with Crippen LogP contribution in [0.2, 0.25) is 0 Å². The highest BCUT2D eigenvalue weighted by atomic mass is 19.1. The average Bonchev–Trinajstić information content (AvgIpc) is 3.76. The molecule has 8 heteroatoms. The fraction of sp³-hybridized carbons (Fsp3) is 0.375. The Morgan fingerprint density at radius 1 is 1.12 bits per heavy atom. The van der Waals surface area contributed by atoms with E-state index in [-0.39, 0.29) is 35.2 Å². The number of carbonyl (C=O) groups excluding carboxylic acids is 1. The molecule has 0 bridgehead atoms. The van der Waals surface area contributed by atoms with Gasteiger partial charge in [-0.3, -0.25) is 9.59 Å². The minimum Gasteiger partial charge on any atom is -0.497 e. The van der Waals surface area contributed by atoms with Crippen molar-refractivity contribution < 1.29 is 13.9 Å². The summed E-state index contributed by atoms with van der Waals surface area (Å²) in [4.78, 5) is 28.7. The molecule has 2 fully saturated rings. The Hall–Kier alpha value is -3.91. The van der Waals surface area contributed by atoms with E-state index in [4.69, 9.17) is 4.74 Å². The van der Waals surface area contributed by atoms with Crippen LogP contribution in [0.3, 0.4) is 0 Å². The molecule has 2 aromatic heterocycles. The number of rotatable bonds is 8. The van der Waals surface area contributed by atoms with Gasteiger partial charge in [-0.05, 0) is 78.7 Å². The van der Waals surface area contributed by atoms with Gasteiger partial charge in [0.15, 0.2) is 0 Å². The first-order chi connectivity index (χ1) is 19.4. The zero-order valence-electron chi connectivity index (χ0n) is 23.0. The van der Waals surface area contributed by atoms with Crippen molar-refractivity contribution in [2.45, 2.75) is 44.3 Å². The quantitative estimate of drug-likeness (QED) is 0.358. The Bertz CT molecular complexity index is 1610. The molecule has 2 aromatic carbocycles. The van der Waals surface area contributed by atoms with Crippen LogP contribution in [0, 0.1) is 11.7 Å². The summed E-state index contributed by atoms with van der Waals surface area (Å²) in [5.41, 5.74) is 3.80. The Morgan fingerprint density at radius 2 is 1.98 bits per heavy atom. The first-order valence-corrected chi connectivity index (χ1v) is 14.0. The van der Waals surface area contributed by atoms with Gasteiger partial charge in [0.25, 0.3) is 5.56 Å². The van der Waals surface area contributed by atoms with Gasteiger partial charge in [0.1, 0.15) is 11.6 Å². The molecule has 1 saturated carbocycles. The van der Waals surface area contributed by atoms with Crippen LogP contribution in [0.25, 0.3) is 10.9 Å². The number of piperidine rings is 1. The van der Waals surface area contributed by atoms with Gasteiger partial charge in [-0.15, -0.1) is 0 Å². The highest BCUT2D eigenvalue weighted by Gasteiger charge is 2.40. The molecule has 1 aliphatic carbocycles. The number of carbonyl (C=O) groups is 1. The normalized spacial score (nSPS) is 19.1. The van der Waals surface area contributed by atoms with E-state index in [1.165, 1.54) is 6.07 Å². The standard InChI is InChI=1S/C32H35FN4O3/c1-35-13-11-22(15-31(35)38)27-10-12-34-17-29(27)32(39)37(25-6-7-25)20-23-19-36(18-21-4-3-5-24(33)14-21)30-16-26(40-2)8-9-28(23)30/h3-5,8-9,11,13-16,19,25,27,29,34H,6-7,10,12,17-18,20H2,1-2H3/t27-,29+/m1/s1. The fourth-order valence-corrected chi connectivity index (χ4v) is 6.04. The van der Waals surface area contributed by atoms with Crippen LogP contribution >= 0.6 is 0 Å². The third-order valence-electron chi connectivity index (χ3n) is 8.38. The first-order valence-electron chi connectivity index (χ1n) is 14.0. The van der Waals surface area contributed by atoms with Crippen LogP contribution in [0.5, 0.6) is 5.75 Å². The molecule has 3 heterocycles. The summed E-state index contributed by atoms with van der Waals surface area (Å²) in [6.07, 6.45) is 6.70. The van der Waals surface area contributed by atoms with Crippen molar-refractivity contribution in [2.24, 2.45) is 13.0 Å². The van der Waals surface area contributed by atoms with Gasteiger partial charge in [-0.25, -0.2) is 4.39 Å². The van der Waals surface area contributed by atoms with Crippen molar-refractivity contribution in [1.82, 2.24) is 19.4 Å². The lowest BCUT2D eigenvalue weighted by Crippen LogP contribution is -2.47. The molecule has 0 unspecified atom stereocenters. The third-order valence-corrected chi connectivity index (χ3v) is 8.38. The van der Waals surface area contributed by atoms with Gasteiger partial charge in [0.2, 0.25) is 5.91 Å². The molecule has 7 nitrogen and oxygen atoms in total. The van der Waals surface area contributed by atoms with E-state index in [1.54, 1.807) is 43.1 Å². The Labute approximate surface area is 233 Å². The zero-order valence-corrected chi connectivity index (χ0v) is 23.0. The van der Waals surface area contributed by atoms with Crippen LogP contribution in [0.15, 0.2) is 71.8 Å². The number of ether oxygens (including phenoxy) is 1. The predicted molar refractivity (Wildman–Crippen MR) is 153 cm³/mol. The lowest BCUT2D eigenvalue weighted by molar-refractivity contribution is -0.138. The maximum absolute atomic E-state index is 14.2. The second-order valence-corrected chi connectivity index (χ2v) is 11.1. The van der Waals surface area contributed by atoms with Crippen molar-refractivity contribution in [1.29, 1.82) is 0 Å². The van der Waals surface area contributed by atoms with E-state index in [1.807, 2.05) is 30.3 Å². The Kier molecular flexibility index (Phi) is 7.19. The highest BCUT2D eigenvalue weighted by molar-refractivity contribution is 5.87. The number of benzene rings is 2. The maximum Gasteiger partial charge on any atom is 0.250 e. The fourth-order valence-electron chi connectivity index (χ4n) is 6.04. The summed E-state index contributed by atoms with van der Waals surface area (Å²) < 4.78 is 23.1. The maximum atomic E-state index is 14.2. The van der Waals surface area contributed by atoms with Gasteiger partial charge in [-0.1, -0.05) is 12.1 Å². The molecule has 2 aliphatic rings. The van der Waals surface area contributed by atoms with E-state index in [0.717, 1.165) is 59.2 Å². The van der Waals surface area contributed by atoms with Gasteiger partial charge < -0.3 is 24.1 Å². The molecule has 0 radical (unpaired) electrons. The highest BCUT2D eigenvalue weighted by Crippen LogP contribution is 2.37. The second-order valence-electron chi connectivity index (χ2n) is 11.1. The molecule has 0 spiro atoms. The smallest absolute Gasteiger partial charge is 0.250 e. The number of amides is 1. The molecule has 1 amide bonds. The van der Waals surface area contributed by atoms with Gasteiger partial charge in [0, 0.05) is 62.6 Å². The number of pyridine rings is 1. The molecule has 1 aliphatic heterocycles. The molecule has 1 N–H and O–H groups in total. The number of fused-ring (bicyclic) bond motifs is 1. The molecule has 208 valence electrons. The summed E-state index contributed by atoms with van der Waals surface area (Å²) in [6, 6.07) is 16.5. The number of nitrogens with one attached hydrogen (secondary N) is 1. The minimum absolute atomic E-state index is 0.00230. The lowest BCUT2D eigenvalue weighted by atomic mass is 9.80. The third kappa shape index (κ3) is 5.28. The SMILES string of the molecule is COc1ccc2c(CN(C(=O)[C@H]3CNCC[C@@H]3c3ccn(C)c(=O)c3)C3CC3)cn(Cc3cccc(F)c3)c2c1. The minimum atomic E-state index is -0.260. The van der Waals surface area contributed by atoms with Crippen LogP contribution in [0.1, 0.15) is 41.9 Å². The summed E-state index contributed by atoms with van der Waals surface area (Å²) >= 11 is 0. The number of halogens is 1. The summed E-state index contributed by atoms with van der Waals surface area (Å²) in [7, 11) is 3.39. The molecule has 1 saturated heterocycles. The van der Waals surface area contributed by atoms with Crippen LogP contribution in [0.4, 0.5) is 4.39 Å². The Balaban J connectivity index is 1.33. The zero-order chi connectivity index (χ0) is 27.8. The summed E-state index contributed by atoms with van der Waals surface area (Å²) in [5.74, 6) is 0.395. The van der Waals surface area contributed by atoms with E-state index >= 15 is 0 Å². The molecule has 40 heavy (non-hydrogen) atoms. The number of aromatic nitrogens is 2. The van der Waals surface area contributed by atoms with Crippen LogP contribution in [-0.2, 0) is 24.9 Å². The van der Waals surface area contributed by atoms with Gasteiger partial charge in [-0.2, -0.15) is 0 Å².